The molecule has 2 atom stereocenters. The Labute approximate surface area is 126 Å². The maximum Gasteiger partial charge on any atom is 0.109 e. The van der Waals surface area contributed by atoms with Crippen LogP contribution in [0, 0.1) is 6.92 Å². The second kappa shape index (κ2) is 5.60. The van der Waals surface area contributed by atoms with E-state index in [1.54, 1.807) is 22.7 Å². The Balaban J connectivity index is 1.76. The maximum absolute atomic E-state index is 4.50. The number of hydrogen-bond acceptors (Lipinski definition) is 5. The number of pyridine rings is 1. The van der Waals surface area contributed by atoms with Crippen LogP contribution in [0.15, 0.2) is 29.9 Å². The van der Waals surface area contributed by atoms with E-state index in [9.17, 15) is 0 Å². The van der Waals surface area contributed by atoms with Crippen molar-refractivity contribution in [1.82, 2.24) is 15.3 Å². The molecule has 1 N–H and O–H groups in total. The van der Waals surface area contributed by atoms with Gasteiger partial charge in [-0.3, -0.25) is 4.98 Å². The third-order valence-corrected chi connectivity index (χ3v) is 5.28. The molecule has 104 valence electrons. The first-order chi connectivity index (χ1) is 9.63. The van der Waals surface area contributed by atoms with Crippen molar-refractivity contribution in [2.75, 3.05) is 0 Å². The van der Waals surface area contributed by atoms with Gasteiger partial charge in [0, 0.05) is 23.3 Å². The van der Waals surface area contributed by atoms with Crippen molar-refractivity contribution in [3.8, 4) is 0 Å². The first kappa shape index (κ1) is 13.7. The van der Waals surface area contributed by atoms with Gasteiger partial charge < -0.3 is 5.32 Å². The van der Waals surface area contributed by atoms with Crippen LogP contribution < -0.4 is 5.32 Å². The van der Waals surface area contributed by atoms with Gasteiger partial charge in [-0.05, 0) is 43.8 Å². The lowest BCUT2D eigenvalue weighted by Crippen LogP contribution is -2.22. The van der Waals surface area contributed by atoms with E-state index < -0.39 is 0 Å². The van der Waals surface area contributed by atoms with E-state index in [0.717, 1.165) is 10.5 Å². The molecule has 0 saturated carbocycles. The van der Waals surface area contributed by atoms with Crippen LogP contribution in [-0.2, 0) is 0 Å². The highest BCUT2D eigenvalue weighted by Crippen LogP contribution is 2.25. The van der Waals surface area contributed by atoms with Crippen molar-refractivity contribution in [2.45, 2.75) is 32.9 Å². The number of nitrogens with one attached hydrogen (secondary N) is 1. The van der Waals surface area contributed by atoms with Gasteiger partial charge in [0.15, 0.2) is 0 Å². The summed E-state index contributed by atoms with van der Waals surface area (Å²) in [6, 6.07) is 4.80. The van der Waals surface area contributed by atoms with Gasteiger partial charge in [0.2, 0.25) is 0 Å². The van der Waals surface area contributed by atoms with Crippen LogP contribution >= 0.6 is 22.7 Å². The monoisotopic (exact) mass is 303 g/mol. The van der Waals surface area contributed by atoms with E-state index in [-0.39, 0.29) is 12.1 Å². The van der Waals surface area contributed by atoms with Crippen molar-refractivity contribution in [2.24, 2.45) is 0 Å². The molecule has 3 heterocycles. The van der Waals surface area contributed by atoms with Crippen LogP contribution in [0.3, 0.4) is 0 Å². The van der Waals surface area contributed by atoms with Crippen molar-refractivity contribution in [3.63, 3.8) is 0 Å². The lowest BCUT2D eigenvalue weighted by molar-refractivity contribution is 0.492. The van der Waals surface area contributed by atoms with E-state index in [2.05, 4.69) is 53.6 Å². The van der Waals surface area contributed by atoms with Crippen LogP contribution in [0.2, 0.25) is 0 Å². The molecule has 0 aliphatic heterocycles. The minimum Gasteiger partial charge on any atom is -0.301 e. The molecule has 3 aromatic heterocycles. The first-order valence-electron chi connectivity index (χ1n) is 6.65. The zero-order valence-corrected chi connectivity index (χ0v) is 13.4. The molecular formula is C15H17N3S2. The number of rotatable bonds is 4. The average molecular weight is 303 g/mol. The van der Waals surface area contributed by atoms with Crippen LogP contribution in [0.4, 0.5) is 0 Å². The van der Waals surface area contributed by atoms with Gasteiger partial charge in [-0.15, -0.1) is 22.7 Å². The standard InChI is InChI=1S/C15H17N3S2/c1-9-7-17-15(20-9)11(3)18-10(2)12-6-14-13(16-8-12)4-5-19-14/h4-8,10-11,18H,1-3H3/t10-,11+/m0/s1. The largest absolute Gasteiger partial charge is 0.301 e. The van der Waals surface area contributed by atoms with Gasteiger partial charge in [-0.2, -0.15) is 0 Å². The topological polar surface area (TPSA) is 37.8 Å². The number of aryl methyl sites for hydroxylation is 1. The molecule has 0 amide bonds. The summed E-state index contributed by atoms with van der Waals surface area (Å²) >= 11 is 3.49. The quantitative estimate of drug-likeness (QED) is 0.772. The summed E-state index contributed by atoms with van der Waals surface area (Å²) in [6.07, 6.45) is 3.90. The van der Waals surface area contributed by atoms with Crippen LogP contribution in [0.5, 0.6) is 0 Å². The zero-order chi connectivity index (χ0) is 14.1. The van der Waals surface area contributed by atoms with Gasteiger partial charge in [-0.1, -0.05) is 0 Å². The van der Waals surface area contributed by atoms with Gasteiger partial charge >= 0.3 is 0 Å². The number of hydrogen-bond donors (Lipinski definition) is 1. The lowest BCUT2D eigenvalue weighted by Gasteiger charge is -2.18. The van der Waals surface area contributed by atoms with Crippen LogP contribution in [0.25, 0.3) is 10.2 Å². The lowest BCUT2D eigenvalue weighted by atomic mass is 10.1. The number of aromatic nitrogens is 2. The molecule has 0 aromatic carbocycles. The van der Waals surface area contributed by atoms with Gasteiger partial charge in [0.1, 0.15) is 5.01 Å². The summed E-state index contributed by atoms with van der Waals surface area (Å²) in [4.78, 5) is 10.2. The molecule has 20 heavy (non-hydrogen) atoms. The van der Waals surface area contributed by atoms with E-state index in [4.69, 9.17) is 0 Å². The highest BCUT2D eigenvalue weighted by Gasteiger charge is 2.14. The highest BCUT2D eigenvalue weighted by molar-refractivity contribution is 7.17. The molecule has 0 radical (unpaired) electrons. The summed E-state index contributed by atoms with van der Waals surface area (Å²) in [5.41, 5.74) is 2.30. The summed E-state index contributed by atoms with van der Waals surface area (Å²) in [5.74, 6) is 0. The maximum atomic E-state index is 4.50. The molecule has 3 rings (SSSR count). The summed E-state index contributed by atoms with van der Waals surface area (Å²) in [7, 11) is 0. The zero-order valence-electron chi connectivity index (χ0n) is 11.8. The van der Waals surface area contributed by atoms with Crippen LogP contribution in [-0.4, -0.2) is 9.97 Å². The third-order valence-electron chi connectivity index (χ3n) is 3.33. The molecule has 3 nitrogen and oxygen atoms in total. The van der Waals surface area contributed by atoms with E-state index >= 15 is 0 Å². The van der Waals surface area contributed by atoms with Gasteiger partial charge in [-0.25, -0.2) is 4.98 Å². The number of fused-ring (bicyclic) bond motifs is 1. The fourth-order valence-electron chi connectivity index (χ4n) is 2.21. The molecule has 3 aromatic rings. The summed E-state index contributed by atoms with van der Waals surface area (Å²) < 4.78 is 1.24. The number of nitrogens with zero attached hydrogens (tertiary/aromatic N) is 2. The SMILES string of the molecule is Cc1cnc([C@@H](C)N[C@@H](C)c2cnc3ccsc3c2)s1. The predicted octanol–water partition coefficient (Wildman–Crippen LogP) is 4.47. The second-order valence-electron chi connectivity index (χ2n) is 4.99. The normalized spacial score (nSPS) is 14.6. The Hall–Kier alpha value is -1.30. The highest BCUT2D eigenvalue weighted by atomic mass is 32.1. The van der Waals surface area contributed by atoms with Crippen molar-refractivity contribution in [1.29, 1.82) is 0 Å². The predicted molar refractivity (Wildman–Crippen MR) is 86.4 cm³/mol. The van der Waals surface area contributed by atoms with Crippen molar-refractivity contribution in [3.05, 3.63) is 45.4 Å². The molecule has 0 bridgehead atoms. The second-order valence-corrected chi connectivity index (χ2v) is 7.21. The van der Waals surface area contributed by atoms with Gasteiger partial charge in [0.05, 0.1) is 16.3 Å². The molecule has 0 unspecified atom stereocenters. The van der Waals surface area contributed by atoms with E-state index in [1.165, 1.54) is 15.1 Å². The summed E-state index contributed by atoms with van der Waals surface area (Å²) in [6.45, 7) is 6.42. The summed E-state index contributed by atoms with van der Waals surface area (Å²) in [5, 5.41) is 6.82. The van der Waals surface area contributed by atoms with Crippen LogP contribution in [0.1, 0.15) is 41.4 Å². The minimum atomic E-state index is 0.253. The Morgan fingerprint density at radius 1 is 1.15 bits per heavy atom. The Morgan fingerprint density at radius 2 is 2.00 bits per heavy atom. The first-order valence-corrected chi connectivity index (χ1v) is 8.34. The molecule has 0 spiro atoms. The fourth-order valence-corrected chi connectivity index (χ4v) is 3.79. The van der Waals surface area contributed by atoms with E-state index in [0.29, 0.717) is 0 Å². The molecular weight excluding hydrogens is 286 g/mol. The minimum absolute atomic E-state index is 0.253. The van der Waals surface area contributed by atoms with E-state index in [1.807, 2.05) is 12.4 Å². The average Bonchev–Trinajstić information content (AvgIpc) is 3.05. The molecule has 0 fully saturated rings. The number of thiazole rings is 1. The molecule has 0 aliphatic carbocycles. The number of thiophene rings is 1. The Kier molecular flexibility index (Phi) is 3.83. The van der Waals surface area contributed by atoms with Crippen molar-refractivity contribution < 1.29 is 0 Å². The molecule has 0 saturated heterocycles. The Morgan fingerprint density at radius 3 is 2.75 bits per heavy atom. The smallest absolute Gasteiger partial charge is 0.109 e. The molecule has 0 aliphatic rings. The van der Waals surface area contributed by atoms with Gasteiger partial charge in [0.25, 0.3) is 0 Å². The fraction of sp³-hybridized carbons (Fsp3) is 0.333. The Bertz CT molecular complexity index is 717. The molecule has 5 heteroatoms. The van der Waals surface area contributed by atoms with Crippen molar-refractivity contribution >= 4 is 32.9 Å². The third kappa shape index (κ3) is 2.75.